The Balaban J connectivity index is 1.28. The molecule has 0 bridgehead atoms. The van der Waals surface area contributed by atoms with E-state index in [0.29, 0.717) is 6.54 Å². The normalized spacial score (nSPS) is 12.1. The van der Waals surface area contributed by atoms with E-state index in [0.717, 1.165) is 29.9 Å². The zero-order valence-corrected chi connectivity index (χ0v) is 20.2. The fourth-order valence-corrected chi connectivity index (χ4v) is 4.96. The maximum atomic E-state index is 5.50. The van der Waals surface area contributed by atoms with Gasteiger partial charge in [-0.1, -0.05) is 72.4 Å². The molecule has 0 N–H and O–H groups in total. The van der Waals surface area contributed by atoms with Crippen LogP contribution in [0.25, 0.3) is 21.9 Å². The van der Waals surface area contributed by atoms with Crippen molar-refractivity contribution in [3.8, 4) is 35.3 Å². The van der Waals surface area contributed by atoms with Crippen LogP contribution < -0.4 is 4.90 Å². The Kier molecular flexibility index (Phi) is 5.53. The van der Waals surface area contributed by atoms with Crippen LogP contribution in [0.4, 0.5) is 5.69 Å². The summed E-state index contributed by atoms with van der Waals surface area (Å²) < 4.78 is 2.20. The molecule has 4 aromatic carbocycles. The van der Waals surface area contributed by atoms with Gasteiger partial charge in [-0.3, -0.25) is 0 Å². The van der Waals surface area contributed by atoms with E-state index < -0.39 is 0 Å². The minimum Gasteiger partial charge on any atom is -0.353 e. The first-order valence-electron chi connectivity index (χ1n) is 12.1. The van der Waals surface area contributed by atoms with Crippen LogP contribution in [0.3, 0.4) is 0 Å². The summed E-state index contributed by atoms with van der Waals surface area (Å²) in [5.41, 5.74) is 9.22. The number of terminal acetylenes is 1. The van der Waals surface area contributed by atoms with Gasteiger partial charge in [0.15, 0.2) is 0 Å². The molecule has 0 atom stereocenters. The van der Waals surface area contributed by atoms with Crippen LogP contribution in [0.2, 0.25) is 0 Å². The summed E-state index contributed by atoms with van der Waals surface area (Å²) in [6.45, 7) is 4.39. The number of nitrogens with zero attached hydrogens (tertiary/aromatic N) is 3. The molecule has 2 heterocycles. The quantitative estimate of drug-likeness (QED) is 0.281. The van der Waals surface area contributed by atoms with Crippen LogP contribution in [-0.2, 0) is 13.1 Å². The molecule has 0 amide bonds. The third-order valence-electron chi connectivity index (χ3n) is 6.95. The van der Waals surface area contributed by atoms with E-state index in [2.05, 4.69) is 106 Å². The standard InChI is InChI=1S/C33H25N3/c1-3-25-10-12-26(13-11-25)21-36-23-34-20-30(36)22-35-18-6-9-32-24(2)31(16-17-33(32)35)29-15-14-27-7-4-5-8-28(27)19-29/h1,4-5,7-8,10-17,19-20,23H,18,21-22H2,2H3. The van der Waals surface area contributed by atoms with Crippen LogP contribution >= 0.6 is 0 Å². The molecule has 6 rings (SSSR count). The molecule has 0 aliphatic carbocycles. The van der Waals surface area contributed by atoms with Crippen molar-refractivity contribution in [2.75, 3.05) is 11.4 Å². The van der Waals surface area contributed by atoms with Gasteiger partial charge in [0.25, 0.3) is 0 Å². The van der Waals surface area contributed by atoms with Gasteiger partial charge in [-0.15, -0.1) is 6.42 Å². The molecule has 3 heteroatoms. The number of anilines is 1. The van der Waals surface area contributed by atoms with Crippen molar-refractivity contribution in [2.45, 2.75) is 20.0 Å². The third-order valence-corrected chi connectivity index (χ3v) is 6.95. The average molecular weight is 464 g/mol. The van der Waals surface area contributed by atoms with Gasteiger partial charge in [-0.2, -0.15) is 0 Å². The van der Waals surface area contributed by atoms with Gasteiger partial charge in [0.2, 0.25) is 0 Å². The fourth-order valence-electron chi connectivity index (χ4n) is 4.96. The molecular weight excluding hydrogens is 438 g/mol. The highest BCUT2D eigenvalue weighted by Gasteiger charge is 2.19. The molecule has 1 aromatic heterocycles. The van der Waals surface area contributed by atoms with Gasteiger partial charge in [0.05, 0.1) is 36.4 Å². The van der Waals surface area contributed by atoms with Crippen molar-refractivity contribution < 1.29 is 0 Å². The molecule has 0 spiro atoms. The highest BCUT2D eigenvalue weighted by atomic mass is 15.2. The van der Waals surface area contributed by atoms with Crippen molar-refractivity contribution in [1.29, 1.82) is 0 Å². The topological polar surface area (TPSA) is 21.1 Å². The number of imidazole rings is 1. The first-order chi connectivity index (χ1) is 17.7. The lowest BCUT2D eigenvalue weighted by Gasteiger charge is -2.28. The number of hydrogen-bond acceptors (Lipinski definition) is 2. The summed E-state index contributed by atoms with van der Waals surface area (Å²) in [4.78, 5) is 6.78. The summed E-state index contributed by atoms with van der Waals surface area (Å²) in [7, 11) is 0. The molecule has 0 radical (unpaired) electrons. The lowest BCUT2D eigenvalue weighted by molar-refractivity contribution is 0.716. The molecular formula is C33H25N3. The molecule has 5 aromatic rings. The summed E-state index contributed by atoms with van der Waals surface area (Å²) >= 11 is 0. The smallest absolute Gasteiger partial charge is 0.0951 e. The van der Waals surface area contributed by atoms with E-state index in [1.807, 2.05) is 24.7 Å². The molecule has 172 valence electrons. The summed E-state index contributed by atoms with van der Waals surface area (Å²) in [5, 5.41) is 2.51. The second kappa shape index (κ2) is 9.14. The second-order valence-electron chi connectivity index (χ2n) is 9.21. The molecule has 1 aliphatic rings. The van der Waals surface area contributed by atoms with Crippen molar-refractivity contribution in [3.05, 3.63) is 119 Å². The molecule has 36 heavy (non-hydrogen) atoms. The summed E-state index contributed by atoms with van der Waals surface area (Å²) in [6.07, 6.45) is 9.35. The summed E-state index contributed by atoms with van der Waals surface area (Å²) in [6, 6.07) is 27.8. The van der Waals surface area contributed by atoms with Crippen molar-refractivity contribution in [2.24, 2.45) is 0 Å². The van der Waals surface area contributed by atoms with E-state index in [-0.39, 0.29) is 0 Å². The molecule has 0 fully saturated rings. The van der Waals surface area contributed by atoms with Crippen LogP contribution in [0.15, 0.2) is 91.4 Å². The molecule has 0 saturated carbocycles. The van der Waals surface area contributed by atoms with Gasteiger partial charge >= 0.3 is 0 Å². The monoisotopic (exact) mass is 463 g/mol. The Labute approximate surface area is 212 Å². The first-order valence-corrected chi connectivity index (χ1v) is 12.1. The third kappa shape index (κ3) is 4.02. The summed E-state index contributed by atoms with van der Waals surface area (Å²) in [5.74, 6) is 9.46. The first kappa shape index (κ1) is 21.8. The number of hydrogen-bond donors (Lipinski definition) is 0. The lowest BCUT2D eigenvalue weighted by Crippen LogP contribution is -2.27. The number of fused-ring (bicyclic) bond motifs is 2. The van der Waals surface area contributed by atoms with Crippen LogP contribution in [-0.4, -0.2) is 16.1 Å². The van der Waals surface area contributed by atoms with E-state index in [1.54, 1.807) is 0 Å². The van der Waals surface area contributed by atoms with Crippen molar-refractivity contribution in [3.63, 3.8) is 0 Å². The van der Waals surface area contributed by atoms with Gasteiger partial charge in [0.1, 0.15) is 0 Å². The van der Waals surface area contributed by atoms with Gasteiger partial charge in [0, 0.05) is 18.3 Å². The van der Waals surface area contributed by atoms with Crippen LogP contribution in [0, 0.1) is 31.1 Å². The molecule has 1 aliphatic heterocycles. The maximum Gasteiger partial charge on any atom is 0.0951 e. The highest BCUT2D eigenvalue weighted by molar-refractivity contribution is 5.89. The van der Waals surface area contributed by atoms with E-state index in [1.165, 1.54) is 38.7 Å². The zero-order valence-electron chi connectivity index (χ0n) is 20.2. The number of aromatic nitrogens is 2. The minimum absolute atomic E-state index is 0.698. The average Bonchev–Trinajstić information content (AvgIpc) is 3.35. The minimum atomic E-state index is 0.698. The van der Waals surface area contributed by atoms with E-state index in [4.69, 9.17) is 6.42 Å². The Morgan fingerprint density at radius 1 is 0.944 bits per heavy atom. The Bertz CT molecular complexity index is 1690. The van der Waals surface area contributed by atoms with Gasteiger partial charge < -0.3 is 9.47 Å². The molecule has 0 saturated heterocycles. The Morgan fingerprint density at radius 3 is 2.61 bits per heavy atom. The second-order valence-corrected chi connectivity index (χ2v) is 9.21. The Morgan fingerprint density at radius 2 is 1.78 bits per heavy atom. The SMILES string of the molecule is C#Cc1ccc(Cn2cncc2CN2CC#Cc3c2ccc(-c2ccc4ccccc4c2)c3C)cc1. The van der Waals surface area contributed by atoms with Crippen molar-refractivity contribution in [1.82, 2.24) is 9.55 Å². The number of rotatable bonds is 5. The van der Waals surface area contributed by atoms with Gasteiger partial charge in [-0.05, 0) is 64.2 Å². The predicted molar refractivity (Wildman–Crippen MR) is 148 cm³/mol. The van der Waals surface area contributed by atoms with Crippen molar-refractivity contribution >= 4 is 16.5 Å². The fraction of sp³-hybridized carbons (Fsp3) is 0.121. The zero-order chi connectivity index (χ0) is 24.5. The highest BCUT2D eigenvalue weighted by Crippen LogP contribution is 2.35. The van der Waals surface area contributed by atoms with E-state index in [9.17, 15) is 0 Å². The van der Waals surface area contributed by atoms with E-state index >= 15 is 0 Å². The van der Waals surface area contributed by atoms with Gasteiger partial charge in [-0.25, -0.2) is 4.98 Å². The van der Waals surface area contributed by atoms with Crippen LogP contribution in [0.1, 0.15) is 27.9 Å². The molecule has 0 unspecified atom stereocenters. The molecule has 3 nitrogen and oxygen atoms in total. The predicted octanol–water partition coefficient (Wildman–Crippen LogP) is 6.41. The largest absolute Gasteiger partial charge is 0.353 e. The number of benzene rings is 4. The maximum absolute atomic E-state index is 5.50. The van der Waals surface area contributed by atoms with Crippen LogP contribution in [0.5, 0.6) is 0 Å². The lowest BCUT2D eigenvalue weighted by atomic mass is 9.92. The Hall–Kier alpha value is -4.73.